The molecule has 0 N–H and O–H groups in total. The largest absolute Gasteiger partial charge is 0.496 e. The van der Waals surface area contributed by atoms with Gasteiger partial charge >= 0.3 is 12.2 Å². The summed E-state index contributed by atoms with van der Waals surface area (Å²) >= 11 is 0. The van der Waals surface area contributed by atoms with Gasteiger partial charge < -0.3 is 23.9 Å². The number of benzene rings is 2. The Morgan fingerprint density at radius 1 is 1.08 bits per heavy atom. The fourth-order valence-electron chi connectivity index (χ4n) is 5.25. The Balaban J connectivity index is 1.23. The second-order valence-corrected chi connectivity index (χ2v) is 9.58. The SMILES string of the molecule is CCc1ncc(-c2ccc(N3CCN(C(=O)N4CCCC4c4ccc(C(F)(F)F)cc4)CC3)cc2OC)o1. The summed E-state index contributed by atoms with van der Waals surface area (Å²) in [5, 5.41) is 0. The second kappa shape index (κ2) is 10.6. The summed E-state index contributed by atoms with van der Waals surface area (Å²) in [6.07, 6.45) is -0.381. The molecule has 0 aliphatic carbocycles. The molecule has 2 aromatic carbocycles. The molecule has 2 fully saturated rings. The van der Waals surface area contributed by atoms with E-state index in [1.165, 1.54) is 12.1 Å². The van der Waals surface area contributed by atoms with E-state index in [2.05, 4.69) is 9.88 Å². The molecule has 1 atom stereocenters. The van der Waals surface area contributed by atoms with Crippen molar-refractivity contribution >= 4 is 11.7 Å². The first-order valence-corrected chi connectivity index (χ1v) is 12.9. The van der Waals surface area contributed by atoms with E-state index in [9.17, 15) is 18.0 Å². The van der Waals surface area contributed by atoms with E-state index in [4.69, 9.17) is 9.15 Å². The summed E-state index contributed by atoms with van der Waals surface area (Å²) in [6, 6.07) is 10.9. The Morgan fingerprint density at radius 2 is 1.82 bits per heavy atom. The Bertz CT molecular complexity index is 1270. The van der Waals surface area contributed by atoms with Crippen LogP contribution in [0.15, 0.2) is 53.1 Å². The third kappa shape index (κ3) is 5.16. The number of aromatic nitrogens is 1. The molecule has 0 radical (unpaired) electrons. The fourth-order valence-corrected chi connectivity index (χ4v) is 5.25. The highest BCUT2D eigenvalue weighted by atomic mass is 19.4. The average Bonchev–Trinajstić information content (AvgIpc) is 3.62. The van der Waals surface area contributed by atoms with Crippen LogP contribution in [0.4, 0.5) is 23.7 Å². The number of anilines is 1. The van der Waals surface area contributed by atoms with Crippen LogP contribution in [0.2, 0.25) is 0 Å². The molecule has 2 aliphatic heterocycles. The van der Waals surface area contributed by atoms with Gasteiger partial charge in [0.25, 0.3) is 0 Å². The van der Waals surface area contributed by atoms with Gasteiger partial charge in [0.15, 0.2) is 11.7 Å². The summed E-state index contributed by atoms with van der Waals surface area (Å²) in [6.45, 7) is 5.02. The van der Waals surface area contributed by atoms with Gasteiger partial charge in [0.1, 0.15) is 5.75 Å². The summed E-state index contributed by atoms with van der Waals surface area (Å²) < 4.78 is 50.3. The number of alkyl halides is 3. The number of nitrogens with zero attached hydrogens (tertiary/aromatic N) is 4. The van der Waals surface area contributed by atoms with Crippen LogP contribution in [0.3, 0.4) is 0 Å². The molecular weight excluding hydrogens is 497 g/mol. The highest BCUT2D eigenvalue weighted by molar-refractivity contribution is 5.76. The predicted molar refractivity (Wildman–Crippen MR) is 137 cm³/mol. The van der Waals surface area contributed by atoms with Gasteiger partial charge in [-0.25, -0.2) is 9.78 Å². The number of carbonyl (C=O) groups excluding carboxylic acids is 1. The van der Waals surface area contributed by atoms with Crippen molar-refractivity contribution in [3.63, 3.8) is 0 Å². The van der Waals surface area contributed by atoms with Gasteiger partial charge in [-0.3, -0.25) is 0 Å². The molecular formula is C28H31F3N4O3. The van der Waals surface area contributed by atoms with Crippen LogP contribution in [0.25, 0.3) is 11.3 Å². The molecule has 2 amide bonds. The number of likely N-dealkylation sites (tertiary alicyclic amines) is 1. The number of halogens is 3. The number of methoxy groups -OCH3 is 1. The first kappa shape index (κ1) is 25.9. The summed E-state index contributed by atoms with van der Waals surface area (Å²) in [4.78, 5) is 23.5. The minimum atomic E-state index is -4.37. The van der Waals surface area contributed by atoms with Crippen LogP contribution in [-0.4, -0.2) is 60.6 Å². The van der Waals surface area contributed by atoms with Crippen LogP contribution in [0, 0.1) is 0 Å². The van der Waals surface area contributed by atoms with E-state index < -0.39 is 11.7 Å². The lowest BCUT2D eigenvalue weighted by Crippen LogP contribution is -2.52. The lowest BCUT2D eigenvalue weighted by atomic mass is 10.0. The van der Waals surface area contributed by atoms with E-state index >= 15 is 0 Å². The molecule has 0 saturated carbocycles. The molecule has 202 valence electrons. The van der Waals surface area contributed by atoms with E-state index in [-0.39, 0.29) is 12.1 Å². The molecule has 5 rings (SSSR count). The number of urea groups is 1. The van der Waals surface area contributed by atoms with Gasteiger partial charge in [-0.2, -0.15) is 13.2 Å². The van der Waals surface area contributed by atoms with Gasteiger partial charge in [0, 0.05) is 50.9 Å². The van der Waals surface area contributed by atoms with Crippen molar-refractivity contribution in [3.8, 4) is 17.1 Å². The number of rotatable bonds is 5. The molecule has 0 spiro atoms. The van der Waals surface area contributed by atoms with Crippen molar-refractivity contribution in [3.05, 3.63) is 65.7 Å². The fraction of sp³-hybridized carbons (Fsp3) is 0.429. The third-order valence-corrected chi connectivity index (χ3v) is 7.34. The molecule has 1 aromatic heterocycles. The zero-order valence-electron chi connectivity index (χ0n) is 21.5. The van der Waals surface area contributed by atoms with Gasteiger partial charge in [-0.15, -0.1) is 0 Å². The number of ether oxygens (including phenoxy) is 1. The molecule has 2 saturated heterocycles. The first-order chi connectivity index (χ1) is 18.3. The van der Waals surface area contributed by atoms with Crippen LogP contribution in [0.5, 0.6) is 5.75 Å². The molecule has 2 aliphatic rings. The quantitative estimate of drug-likeness (QED) is 0.406. The average molecular weight is 529 g/mol. The monoisotopic (exact) mass is 528 g/mol. The van der Waals surface area contributed by atoms with Crippen LogP contribution in [-0.2, 0) is 12.6 Å². The first-order valence-electron chi connectivity index (χ1n) is 12.9. The number of amides is 2. The Kier molecular flexibility index (Phi) is 7.23. The maximum absolute atomic E-state index is 13.4. The zero-order valence-corrected chi connectivity index (χ0v) is 21.5. The highest BCUT2D eigenvalue weighted by Gasteiger charge is 2.35. The van der Waals surface area contributed by atoms with Crippen LogP contribution < -0.4 is 9.64 Å². The molecule has 1 unspecified atom stereocenters. The van der Waals surface area contributed by atoms with Crippen molar-refractivity contribution in [2.75, 3.05) is 44.7 Å². The lowest BCUT2D eigenvalue weighted by Gasteiger charge is -2.39. The Labute approximate surface area is 219 Å². The minimum absolute atomic E-state index is 0.0583. The van der Waals surface area contributed by atoms with E-state index in [1.54, 1.807) is 18.2 Å². The minimum Gasteiger partial charge on any atom is -0.496 e. The van der Waals surface area contributed by atoms with Crippen molar-refractivity contribution in [1.29, 1.82) is 0 Å². The van der Waals surface area contributed by atoms with Gasteiger partial charge in [-0.05, 0) is 42.7 Å². The van der Waals surface area contributed by atoms with Gasteiger partial charge in [0.2, 0.25) is 0 Å². The standard InChI is InChI=1S/C28H31F3N4O3/c1-3-26-32-18-25(38-26)22-11-10-21(17-24(22)37-2)33-13-15-34(16-14-33)27(36)35-12-4-5-23(35)19-6-8-20(9-7-19)28(29,30)31/h6-11,17-18,23H,3-5,12-16H2,1-2H3. The topological polar surface area (TPSA) is 62.1 Å². The molecule has 3 heterocycles. The van der Waals surface area contributed by atoms with Gasteiger partial charge in [-0.1, -0.05) is 19.1 Å². The molecule has 7 nitrogen and oxygen atoms in total. The summed E-state index contributed by atoms with van der Waals surface area (Å²) in [7, 11) is 1.62. The van der Waals surface area contributed by atoms with Crippen molar-refractivity contribution < 1.29 is 27.1 Å². The number of hydrogen-bond acceptors (Lipinski definition) is 5. The third-order valence-electron chi connectivity index (χ3n) is 7.34. The number of hydrogen-bond donors (Lipinski definition) is 0. The van der Waals surface area contributed by atoms with E-state index in [1.807, 2.05) is 30.0 Å². The molecule has 10 heteroatoms. The highest BCUT2D eigenvalue weighted by Crippen LogP contribution is 2.37. The summed E-state index contributed by atoms with van der Waals surface area (Å²) in [5.74, 6) is 2.02. The predicted octanol–water partition coefficient (Wildman–Crippen LogP) is 6.01. The Morgan fingerprint density at radius 3 is 2.45 bits per heavy atom. The van der Waals surface area contributed by atoms with Crippen molar-refractivity contribution in [2.45, 2.75) is 38.4 Å². The number of aryl methyl sites for hydroxylation is 1. The smallest absolute Gasteiger partial charge is 0.416 e. The number of piperazine rings is 1. The normalized spacial score (nSPS) is 18.2. The van der Waals surface area contributed by atoms with Crippen molar-refractivity contribution in [1.82, 2.24) is 14.8 Å². The van der Waals surface area contributed by atoms with E-state index in [0.717, 1.165) is 41.8 Å². The summed E-state index contributed by atoms with van der Waals surface area (Å²) in [5.41, 5.74) is 1.90. The second-order valence-electron chi connectivity index (χ2n) is 9.58. The maximum atomic E-state index is 13.4. The van der Waals surface area contributed by atoms with Crippen LogP contribution in [0.1, 0.15) is 42.8 Å². The Hall–Kier alpha value is -3.69. The van der Waals surface area contributed by atoms with Crippen molar-refractivity contribution in [2.24, 2.45) is 0 Å². The molecule has 0 bridgehead atoms. The van der Waals surface area contributed by atoms with E-state index in [0.29, 0.717) is 56.5 Å². The maximum Gasteiger partial charge on any atom is 0.416 e. The lowest BCUT2D eigenvalue weighted by molar-refractivity contribution is -0.137. The van der Waals surface area contributed by atoms with Crippen LogP contribution >= 0.6 is 0 Å². The number of carbonyl (C=O) groups is 1. The van der Waals surface area contributed by atoms with Gasteiger partial charge in [0.05, 0.1) is 30.5 Å². The molecule has 38 heavy (non-hydrogen) atoms. The zero-order chi connectivity index (χ0) is 26.9. The number of oxazole rings is 1. The molecule has 3 aromatic rings.